The quantitative estimate of drug-likeness (QED) is 0.188. The van der Waals surface area contributed by atoms with Gasteiger partial charge in [-0.1, -0.05) is 95.9 Å². The van der Waals surface area contributed by atoms with Crippen LogP contribution in [0, 0.1) is 0 Å². The molecule has 0 amide bonds. The van der Waals surface area contributed by atoms with Gasteiger partial charge in [-0.2, -0.15) is 0 Å². The van der Waals surface area contributed by atoms with Crippen LogP contribution >= 0.6 is 0 Å². The molecule has 0 bridgehead atoms. The third-order valence-corrected chi connectivity index (χ3v) is 4.42. The molecule has 0 aliphatic carbocycles. The van der Waals surface area contributed by atoms with Gasteiger partial charge >= 0.3 is 0 Å². The van der Waals surface area contributed by atoms with E-state index in [1.807, 2.05) is 12.2 Å². The lowest BCUT2D eigenvalue weighted by molar-refractivity contribution is 0.352. The molecular formula is C20H36O. The van der Waals surface area contributed by atoms with Gasteiger partial charge in [0.15, 0.2) is 0 Å². The van der Waals surface area contributed by atoms with E-state index in [-0.39, 0.29) is 0 Å². The highest BCUT2D eigenvalue weighted by molar-refractivity contribution is 4.98. The Morgan fingerprint density at radius 3 is 2.00 bits per heavy atom. The first-order chi connectivity index (χ1) is 10.4. The summed E-state index contributed by atoms with van der Waals surface area (Å²) < 4.78 is 5.72. The summed E-state index contributed by atoms with van der Waals surface area (Å²) in [5.41, 5.74) is 0. The Labute approximate surface area is 132 Å². The van der Waals surface area contributed by atoms with Crippen LogP contribution in [-0.2, 0) is 4.74 Å². The van der Waals surface area contributed by atoms with Crippen LogP contribution in [-0.4, -0.2) is 12.2 Å². The number of hydrogen-bond acceptors (Lipinski definition) is 1. The van der Waals surface area contributed by atoms with E-state index < -0.39 is 0 Å². The molecule has 0 unspecified atom stereocenters. The lowest BCUT2D eigenvalue weighted by Crippen LogP contribution is -1.93. The second-order valence-electron chi connectivity index (χ2n) is 6.42. The molecule has 1 saturated heterocycles. The van der Waals surface area contributed by atoms with Gasteiger partial charge in [0.25, 0.3) is 0 Å². The highest BCUT2D eigenvalue weighted by Crippen LogP contribution is 2.31. The molecule has 0 radical (unpaired) electrons. The summed E-state index contributed by atoms with van der Waals surface area (Å²) in [6.45, 7) is 5.96. The van der Waals surface area contributed by atoms with Crippen molar-refractivity contribution >= 4 is 0 Å². The topological polar surface area (TPSA) is 12.5 Å². The fourth-order valence-corrected chi connectivity index (χ4v) is 2.97. The van der Waals surface area contributed by atoms with Crippen LogP contribution in [0.5, 0.6) is 0 Å². The Morgan fingerprint density at radius 1 is 0.810 bits per heavy atom. The zero-order valence-corrected chi connectivity index (χ0v) is 14.2. The third-order valence-electron chi connectivity index (χ3n) is 4.42. The molecule has 1 aliphatic heterocycles. The van der Waals surface area contributed by atoms with Crippen molar-refractivity contribution in [2.45, 2.75) is 103 Å². The molecule has 1 fully saturated rings. The number of ether oxygens (including phenoxy) is 1. The summed E-state index contributed by atoms with van der Waals surface area (Å²) in [4.78, 5) is 0. The van der Waals surface area contributed by atoms with E-state index in [4.69, 9.17) is 4.74 Å². The summed E-state index contributed by atoms with van der Waals surface area (Å²) in [6, 6.07) is 0. The van der Waals surface area contributed by atoms with E-state index in [1.54, 1.807) is 0 Å². The second-order valence-corrected chi connectivity index (χ2v) is 6.42. The smallest absolute Gasteiger partial charge is 0.0844 e. The second kappa shape index (κ2) is 13.1. The number of hydrogen-bond donors (Lipinski definition) is 0. The van der Waals surface area contributed by atoms with E-state index in [2.05, 4.69) is 19.6 Å². The van der Waals surface area contributed by atoms with E-state index >= 15 is 0 Å². The molecule has 2 atom stereocenters. The van der Waals surface area contributed by atoms with Gasteiger partial charge in [-0.3, -0.25) is 0 Å². The first-order valence-corrected chi connectivity index (χ1v) is 9.31. The maximum Gasteiger partial charge on any atom is 0.0844 e. The van der Waals surface area contributed by atoms with Crippen LogP contribution in [0.4, 0.5) is 0 Å². The fraction of sp³-hybridized carbons (Fsp3) is 0.800. The average molecular weight is 293 g/mol. The Kier molecular flexibility index (Phi) is 11.6. The van der Waals surface area contributed by atoms with E-state index in [0.717, 1.165) is 6.42 Å². The summed E-state index contributed by atoms with van der Waals surface area (Å²) in [7, 11) is 0. The molecule has 0 aromatic heterocycles. The predicted molar refractivity (Wildman–Crippen MR) is 93.7 cm³/mol. The molecule has 0 N–H and O–H groups in total. The molecule has 1 nitrogen and oxygen atoms in total. The van der Waals surface area contributed by atoms with Crippen molar-refractivity contribution in [2.24, 2.45) is 0 Å². The maximum absolute atomic E-state index is 5.72. The van der Waals surface area contributed by atoms with E-state index in [0.29, 0.717) is 12.2 Å². The Hall–Kier alpha value is -0.560. The normalized spacial score (nSPS) is 21.0. The minimum absolute atomic E-state index is 0.554. The van der Waals surface area contributed by atoms with Crippen molar-refractivity contribution < 1.29 is 4.74 Å². The van der Waals surface area contributed by atoms with Gasteiger partial charge in [0.05, 0.1) is 12.2 Å². The van der Waals surface area contributed by atoms with Crippen molar-refractivity contribution in [3.05, 3.63) is 24.8 Å². The van der Waals surface area contributed by atoms with Crippen molar-refractivity contribution in [3.63, 3.8) is 0 Å². The van der Waals surface area contributed by atoms with Gasteiger partial charge in [-0.15, -0.1) is 0 Å². The minimum Gasteiger partial charge on any atom is -0.370 e. The van der Waals surface area contributed by atoms with E-state index in [1.165, 1.54) is 77.0 Å². The molecular weight excluding hydrogens is 256 g/mol. The molecule has 1 aliphatic rings. The van der Waals surface area contributed by atoms with Crippen LogP contribution < -0.4 is 0 Å². The monoisotopic (exact) mass is 292 g/mol. The Bertz CT molecular complexity index is 269. The van der Waals surface area contributed by atoms with Gasteiger partial charge in [-0.25, -0.2) is 0 Å². The molecule has 122 valence electrons. The molecule has 0 aromatic carbocycles. The number of unbranched alkanes of at least 4 members (excludes halogenated alkanes) is 9. The first kappa shape index (κ1) is 18.5. The molecule has 1 heterocycles. The lowest BCUT2D eigenvalue weighted by atomic mass is 10.0. The highest BCUT2D eigenvalue weighted by atomic mass is 16.6. The zero-order chi connectivity index (χ0) is 15.2. The Balaban J connectivity index is 1.75. The SMILES string of the molecule is C=C/C=C/CC[C@H]1O[C@H]1CCCCCCCCCCCC. The van der Waals surface area contributed by atoms with Crippen molar-refractivity contribution in [1.82, 2.24) is 0 Å². The summed E-state index contributed by atoms with van der Waals surface area (Å²) in [5.74, 6) is 0. The van der Waals surface area contributed by atoms with Crippen LogP contribution in [0.15, 0.2) is 24.8 Å². The number of epoxide rings is 1. The zero-order valence-electron chi connectivity index (χ0n) is 14.2. The molecule has 0 saturated carbocycles. The highest BCUT2D eigenvalue weighted by Gasteiger charge is 2.36. The van der Waals surface area contributed by atoms with E-state index in [9.17, 15) is 0 Å². The largest absolute Gasteiger partial charge is 0.370 e. The molecule has 0 aromatic rings. The molecule has 1 heteroatoms. The summed E-state index contributed by atoms with van der Waals surface area (Å²) >= 11 is 0. The predicted octanol–water partition coefficient (Wildman–Crippen LogP) is 6.59. The van der Waals surface area contributed by atoms with Crippen LogP contribution in [0.3, 0.4) is 0 Å². The maximum atomic E-state index is 5.72. The number of rotatable bonds is 15. The van der Waals surface area contributed by atoms with Crippen LogP contribution in [0.25, 0.3) is 0 Å². The summed E-state index contributed by atoms with van der Waals surface area (Å²) in [5, 5.41) is 0. The fourth-order valence-electron chi connectivity index (χ4n) is 2.97. The summed E-state index contributed by atoms with van der Waals surface area (Å²) in [6.07, 6.45) is 25.0. The minimum atomic E-state index is 0.554. The molecule has 1 rings (SSSR count). The Morgan fingerprint density at radius 2 is 1.38 bits per heavy atom. The van der Waals surface area contributed by atoms with Crippen LogP contribution in [0.2, 0.25) is 0 Å². The van der Waals surface area contributed by atoms with Gasteiger partial charge in [0.2, 0.25) is 0 Å². The van der Waals surface area contributed by atoms with Crippen molar-refractivity contribution in [3.8, 4) is 0 Å². The molecule has 0 spiro atoms. The number of allylic oxidation sites excluding steroid dienone is 3. The van der Waals surface area contributed by atoms with Gasteiger partial charge < -0.3 is 4.74 Å². The average Bonchev–Trinajstić information content (AvgIpc) is 3.24. The van der Waals surface area contributed by atoms with Gasteiger partial charge in [-0.05, 0) is 19.3 Å². The van der Waals surface area contributed by atoms with Crippen LogP contribution in [0.1, 0.15) is 90.4 Å². The van der Waals surface area contributed by atoms with Gasteiger partial charge in [0, 0.05) is 0 Å². The molecule has 21 heavy (non-hydrogen) atoms. The first-order valence-electron chi connectivity index (χ1n) is 9.31. The third kappa shape index (κ3) is 10.8. The lowest BCUT2D eigenvalue weighted by Gasteiger charge is -2.01. The van der Waals surface area contributed by atoms with Crippen molar-refractivity contribution in [1.29, 1.82) is 0 Å². The standard InChI is InChI=1S/C20H36O/c1-3-5-7-9-10-11-12-13-14-16-18-20-19(21-20)17-15-8-6-4-2/h4,6,8,19-20H,2-3,5,7,9-18H2,1H3/b8-6+/t19-,20+/m1/s1. The van der Waals surface area contributed by atoms with Crippen molar-refractivity contribution in [2.75, 3.05) is 0 Å². The van der Waals surface area contributed by atoms with Gasteiger partial charge in [0.1, 0.15) is 0 Å².